The summed E-state index contributed by atoms with van der Waals surface area (Å²) in [6.07, 6.45) is 4.19. The molecular weight excluding hydrogens is 244 g/mol. The predicted molar refractivity (Wildman–Crippen MR) is 86.4 cm³/mol. The van der Waals surface area contributed by atoms with Crippen molar-refractivity contribution < 1.29 is 0 Å². The van der Waals surface area contributed by atoms with Gasteiger partial charge in [0, 0.05) is 30.9 Å². The summed E-state index contributed by atoms with van der Waals surface area (Å²) in [6, 6.07) is 10.6. The first-order valence-electron chi connectivity index (χ1n) is 8.22. The normalized spacial score (nSPS) is 27.7. The highest BCUT2D eigenvalue weighted by Gasteiger charge is 2.36. The van der Waals surface area contributed by atoms with E-state index in [-0.39, 0.29) is 0 Å². The van der Waals surface area contributed by atoms with Crippen LogP contribution in [0.25, 0.3) is 0 Å². The van der Waals surface area contributed by atoms with Crippen molar-refractivity contribution in [3.63, 3.8) is 0 Å². The fourth-order valence-corrected chi connectivity index (χ4v) is 3.81. The number of anilines is 1. The molecule has 0 saturated carbocycles. The van der Waals surface area contributed by atoms with Crippen molar-refractivity contribution in [2.24, 2.45) is 5.92 Å². The van der Waals surface area contributed by atoms with E-state index in [0.717, 1.165) is 6.04 Å². The highest BCUT2D eigenvalue weighted by atomic mass is 15.3. The summed E-state index contributed by atoms with van der Waals surface area (Å²) in [7, 11) is 0. The third kappa shape index (κ3) is 2.71. The van der Waals surface area contributed by atoms with Crippen molar-refractivity contribution in [3.8, 4) is 0 Å². The molecule has 2 atom stereocenters. The fourth-order valence-electron chi connectivity index (χ4n) is 3.81. The van der Waals surface area contributed by atoms with Gasteiger partial charge in [0.05, 0.1) is 0 Å². The van der Waals surface area contributed by atoms with E-state index >= 15 is 0 Å². The van der Waals surface area contributed by atoms with Gasteiger partial charge in [0.2, 0.25) is 0 Å². The minimum Gasteiger partial charge on any atom is -0.365 e. The van der Waals surface area contributed by atoms with Crippen LogP contribution in [0.1, 0.15) is 38.7 Å². The Hall–Kier alpha value is -1.02. The third-order valence-corrected chi connectivity index (χ3v) is 5.11. The largest absolute Gasteiger partial charge is 0.365 e. The van der Waals surface area contributed by atoms with Crippen molar-refractivity contribution in [1.82, 2.24) is 4.90 Å². The molecule has 0 bridgehead atoms. The van der Waals surface area contributed by atoms with Gasteiger partial charge in [-0.25, -0.2) is 0 Å². The van der Waals surface area contributed by atoms with E-state index in [0.29, 0.717) is 12.0 Å². The van der Waals surface area contributed by atoms with Crippen molar-refractivity contribution in [3.05, 3.63) is 29.8 Å². The lowest BCUT2D eigenvalue weighted by Gasteiger charge is -2.50. The van der Waals surface area contributed by atoms with Gasteiger partial charge in [0.15, 0.2) is 0 Å². The Balaban J connectivity index is 1.84. The molecule has 2 unspecified atom stereocenters. The SMILES string of the molecule is Cc1ccc(N2CC3CCCCN3CC2C(C)C)cc1. The molecule has 2 aliphatic rings. The molecule has 110 valence electrons. The summed E-state index contributed by atoms with van der Waals surface area (Å²) >= 11 is 0. The van der Waals surface area contributed by atoms with Gasteiger partial charge in [0.1, 0.15) is 0 Å². The molecule has 2 heterocycles. The zero-order valence-electron chi connectivity index (χ0n) is 13.2. The lowest BCUT2D eigenvalue weighted by molar-refractivity contribution is 0.100. The molecule has 0 N–H and O–H groups in total. The van der Waals surface area contributed by atoms with E-state index in [4.69, 9.17) is 0 Å². The van der Waals surface area contributed by atoms with E-state index in [1.165, 1.54) is 50.1 Å². The molecule has 0 aliphatic carbocycles. The van der Waals surface area contributed by atoms with Gasteiger partial charge >= 0.3 is 0 Å². The fraction of sp³-hybridized carbons (Fsp3) is 0.667. The van der Waals surface area contributed by atoms with Gasteiger partial charge in [-0.2, -0.15) is 0 Å². The minimum atomic E-state index is 0.659. The van der Waals surface area contributed by atoms with Crippen LogP contribution in [0, 0.1) is 12.8 Å². The Kier molecular flexibility index (Phi) is 4.02. The Labute approximate surface area is 123 Å². The molecule has 1 aromatic rings. The number of aryl methyl sites for hydroxylation is 1. The van der Waals surface area contributed by atoms with Crippen LogP contribution in [0.4, 0.5) is 5.69 Å². The van der Waals surface area contributed by atoms with Crippen molar-refractivity contribution in [1.29, 1.82) is 0 Å². The zero-order valence-corrected chi connectivity index (χ0v) is 13.2. The number of nitrogens with zero attached hydrogens (tertiary/aromatic N) is 2. The van der Waals surface area contributed by atoms with Gasteiger partial charge < -0.3 is 4.90 Å². The maximum absolute atomic E-state index is 2.75. The van der Waals surface area contributed by atoms with E-state index in [9.17, 15) is 0 Å². The molecule has 20 heavy (non-hydrogen) atoms. The lowest BCUT2D eigenvalue weighted by Crippen LogP contribution is -2.61. The van der Waals surface area contributed by atoms with Gasteiger partial charge in [-0.05, 0) is 44.4 Å². The first-order chi connectivity index (χ1) is 9.65. The Morgan fingerprint density at radius 2 is 1.80 bits per heavy atom. The third-order valence-electron chi connectivity index (χ3n) is 5.11. The Morgan fingerprint density at radius 3 is 2.50 bits per heavy atom. The van der Waals surface area contributed by atoms with Crippen LogP contribution >= 0.6 is 0 Å². The highest BCUT2D eigenvalue weighted by Crippen LogP contribution is 2.30. The summed E-state index contributed by atoms with van der Waals surface area (Å²) in [6.45, 7) is 10.7. The first kappa shape index (κ1) is 13.9. The molecule has 2 nitrogen and oxygen atoms in total. The maximum atomic E-state index is 2.75. The minimum absolute atomic E-state index is 0.659. The number of rotatable bonds is 2. The molecule has 2 fully saturated rings. The summed E-state index contributed by atoms with van der Waals surface area (Å²) in [5, 5.41) is 0. The maximum Gasteiger partial charge on any atom is 0.0440 e. The van der Waals surface area contributed by atoms with E-state index < -0.39 is 0 Å². The smallest absolute Gasteiger partial charge is 0.0440 e. The van der Waals surface area contributed by atoms with Crippen molar-refractivity contribution >= 4 is 5.69 Å². The second kappa shape index (κ2) is 5.77. The molecule has 1 aromatic carbocycles. The van der Waals surface area contributed by atoms with E-state index in [1.807, 2.05) is 0 Å². The molecular formula is C18H28N2. The number of benzene rings is 1. The number of hydrogen-bond acceptors (Lipinski definition) is 2. The Morgan fingerprint density at radius 1 is 1.05 bits per heavy atom. The van der Waals surface area contributed by atoms with Gasteiger partial charge in [-0.15, -0.1) is 0 Å². The van der Waals surface area contributed by atoms with E-state index in [1.54, 1.807) is 0 Å². The predicted octanol–water partition coefficient (Wildman–Crippen LogP) is 3.69. The van der Waals surface area contributed by atoms with Crippen molar-refractivity contribution in [2.45, 2.75) is 52.1 Å². The summed E-state index contributed by atoms with van der Waals surface area (Å²) in [5.41, 5.74) is 2.77. The highest BCUT2D eigenvalue weighted by molar-refractivity contribution is 5.49. The second-order valence-corrected chi connectivity index (χ2v) is 6.94. The van der Waals surface area contributed by atoms with Crippen LogP contribution in [0.2, 0.25) is 0 Å². The standard InChI is InChI=1S/C18H28N2/c1-14(2)18-13-19-11-5-4-6-17(19)12-20(18)16-9-7-15(3)8-10-16/h7-10,14,17-18H,4-6,11-13H2,1-3H3. The molecule has 0 radical (unpaired) electrons. The molecule has 0 spiro atoms. The zero-order chi connectivity index (χ0) is 14.1. The van der Waals surface area contributed by atoms with Gasteiger partial charge in [-0.3, -0.25) is 4.90 Å². The molecule has 2 aliphatic heterocycles. The second-order valence-electron chi connectivity index (χ2n) is 6.94. The molecule has 0 aromatic heterocycles. The van der Waals surface area contributed by atoms with E-state index in [2.05, 4.69) is 54.8 Å². The Bertz CT molecular complexity index is 437. The summed E-state index contributed by atoms with van der Waals surface area (Å²) < 4.78 is 0. The number of fused-ring (bicyclic) bond motifs is 1. The number of piperidine rings is 1. The monoisotopic (exact) mass is 272 g/mol. The van der Waals surface area contributed by atoms with Crippen LogP contribution in [0.15, 0.2) is 24.3 Å². The van der Waals surface area contributed by atoms with Crippen LogP contribution in [-0.2, 0) is 0 Å². The summed E-state index contributed by atoms with van der Waals surface area (Å²) in [4.78, 5) is 5.43. The molecule has 2 heteroatoms. The average molecular weight is 272 g/mol. The molecule has 2 saturated heterocycles. The van der Waals surface area contributed by atoms with Crippen LogP contribution < -0.4 is 4.90 Å². The number of hydrogen-bond donors (Lipinski definition) is 0. The number of piperazine rings is 1. The van der Waals surface area contributed by atoms with Crippen molar-refractivity contribution in [2.75, 3.05) is 24.5 Å². The van der Waals surface area contributed by atoms with Gasteiger partial charge in [-0.1, -0.05) is 38.0 Å². The van der Waals surface area contributed by atoms with Crippen LogP contribution in [-0.4, -0.2) is 36.6 Å². The summed E-state index contributed by atoms with van der Waals surface area (Å²) in [5.74, 6) is 0.708. The molecule has 3 rings (SSSR count). The quantitative estimate of drug-likeness (QED) is 0.810. The first-order valence-corrected chi connectivity index (χ1v) is 8.22. The van der Waals surface area contributed by atoms with Crippen LogP contribution in [0.3, 0.4) is 0 Å². The molecule has 0 amide bonds. The van der Waals surface area contributed by atoms with Crippen LogP contribution in [0.5, 0.6) is 0 Å². The lowest BCUT2D eigenvalue weighted by atomic mass is 9.91. The topological polar surface area (TPSA) is 6.48 Å². The van der Waals surface area contributed by atoms with Gasteiger partial charge in [0.25, 0.3) is 0 Å². The average Bonchev–Trinajstić information content (AvgIpc) is 2.46.